The van der Waals surface area contributed by atoms with Gasteiger partial charge in [-0.15, -0.1) is 0 Å². The van der Waals surface area contributed by atoms with E-state index >= 15 is 0 Å². The average molecular weight is 410 g/mol. The van der Waals surface area contributed by atoms with Crippen molar-refractivity contribution in [2.24, 2.45) is 5.41 Å². The highest BCUT2D eigenvalue weighted by atomic mass is 35.5. The molecule has 0 bridgehead atoms. The molecule has 0 fully saturated rings. The van der Waals surface area contributed by atoms with E-state index in [4.69, 9.17) is 44.3 Å². The predicted octanol–water partition coefficient (Wildman–Crippen LogP) is 6.09. The number of hydrogen-bond acceptors (Lipinski definition) is 4. The fraction of sp³-hybridized carbons (Fsp3) is 0.556. The van der Waals surface area contributed by atoms with Crippen molar-refractivity contribution in [2.75, 3.05) is 6.61 Å². The first-order valence-corrected chi connectivity index (χ1v) is 9.49. The van der Waals surface area contributed by atoms with Crippen LogP contribution < -0.4 is 4.74 Å². The Morgan fingerprint density at radius 1 is 0.960 bits per heavy atom. The molecular formula is C18H23Cl3O4. The van der Waals surface area contributed by atoms with Gasteiger partial charge in [0, 0.05) is 5.02 Å². The Kier molecular flexibility index (Phi) is 9.04. The second kappa shape index (κ2) is 10.2. The molecule has 0 aliphatic rings. The van der Waals surface area contributed by atoms with Gasteiger partial charge in [0.1, 0.15) is 0 Å². The van der Waals surface area contributed by atoms with E-state index in [1.165, 1.54) is 12.1 Å². The summed E-state index contributed by atoms with van der Waals surface area (Å²) in [5.41, 5.74) is -1.39. The van der Waals surface area contributed by atoms with Crippen LogP contribution in [0.25, 0.3) is 0 Å². The molecule has 0 saturated heterocycles. The Balaban J connectivity index is 2.97. The highest BCUT2D eigenvalue weighted by Crippen LogP contribution is 2.38. The summed E-state index contributed by atoms with van der Waals surface area (Å²) in [6, 6.07) is 2.83. The number of rotatable bonds is 9. The zero-order chi connectivity index (χ0) is 19.0. The molecule has 0 N–H and O–H groups in total. The number of benzene rings is 1. The van der Waals surface area contributed by atoms with Gasteiger partial charge in [-0.3, -0.25) is 9.59 Å². The maximum absolute atomic E-state index is 12.7. The molecule has 7 heteroatoms. The van der Waals surface area contributed by atoms with Gasteiger partial charge in [0.25, 0.3) is 0 Å². The zero-order valence-corrected chi connectivity index (χ0v) is 16.9. The molecular weight excluding hydrogens is 387 g/mol. The lowest BCUT2D eigenvalue weighted by molar-refractivity contribution is -0.168. The Morgan fingerprint density at radius 3 is 2.00 bits per heavy atom. The summed E-state index contributed by atoms with van der Waals surface area (Å²) >= 11 is 18.0. The smallest absolute Gasteiger partial charge is 0.328 e. The number of unbranched alkanes of at least 4 members (excludes halogenated alkanes) is 2. The summed E-state index contributed by atoms with van der Waals surface area (Å²) in [6.45, 7) is 5.82. The summed E-state index contributed by atoms with van der Waals surface area (Å²) in [6.07, 6.45) is 3.23. The molecule has 0 amide bonds. The van der Waals surface area contributed by atoms with Crippen molar-refractivity contribution in [1.82, 2.24) is 0 Å². The Labute approximate surface area is 163 Å². The van der Waals surface area contributed by atoms with Crippen LogP contribution in [0.3, 0.4) is 0 Å². The van der Waals surface area contributed by atoms with Gasteiger partial charge >= 0.3 is 11.9 Å². The van der Waals surface area contributed by atoms with Gasteiger partial charge in [0.15, 0.2) is 11.2 Å². The first kappa shape index (κ1) is 22.1. The van der Waals surface area contributed by atoms with E-state index < -0.39 is 17.4 Å². The number of hydrogen-bond donors (Lipinski definition) is 0. The molecule has 0 aliphatic carbocycles. The van der Waals surface area contributed by atoms with E-state index in [0.29, 0.717) is 5.02 Å². The Bertz CT molecular complexity index is 589. The van der Waals surface area contributed by atoms with Crippen molar-refractivity contribution in [3.05, 3.63) is 27.2 Å². The molecule has 0 aromatic heterocycles. The van der Waals surface area contributed by atoms with Gasteiger partial charge in [0.05, 0.1) is 16.7 Å². The third kappa shape index (κ3) is 5.50. The Morgan fingerprint density at radius 2 is 1.52 bits per heavy atom. The van der Waals surface area contributed by atoms with Gasteiger partial charge in [-0.05, 0) is 31.4 Å². The van der Waals surface area contributed by atoms with Crippen LogP contribution in [0.5, 0.6) is 5.75 Å². The number of ether oxygens (including phenoxy) is 2. The largest absolute Gasteiger partial charge is 0.465 e. The lowest BCUT2D eigenvalue weighted by Crippen LogP contribution is -2.42. The molecule has 1 rings (SSSR count). The lowest BCUT2D eigenvalue weighted by atomic mass is 9.82. The molecule has 0 aliphatic heterocycles. The van der Waals surface area contributed by atoms with Gasteiger partial charge < -0.3 is 9.47 Å². The second-order valence-electron chi connectivity index (χ2n) is 5.72. The van der Waals surface area contributed by atoms with Crippen LogP contribution >= 0.6 is 34.8 Å². The number of halogens is 3. The minimum absolute atomic E-state index is 0.0113. The van der Waals surface area contributed by atoms with Crippen LogP contribution in [0.1, 0.15) is 52.9 Å². The first-order valence-electron chi connectivity index (χ1n) is 8.36. The van der Waals surface area contributed by atoms with Gasteiger partial charge in [-0.2, -0.15) is 0 Å². The summed E-state index contributed by atoms with van der Waals surface area (Å²) in [5, 5.41) is 0.522. The van der Waals surface area contributed by atoms with Crippen molar-refractivity contribution >= 4 is 46.7 Å². The molecule has 25 heavy (non-hydrogen) atoms. The summed E-state index contributed by atoms with van der Waals surface area (Å²) in [4.78, 5) is 25.3. The van der Waals surface area contributed by atoms with Crippen LogP contribution in [0.2, 0.25) is 15.1 Å². The van der Waals surface area contributed by atoms with Crippen LogP contribution in [0.15, 0.2) is 12.1 Å². The summed E-state index contributed by atoms with van der Waals surface area (Å²) < 4.78 is 10.7. The van der Waals surface area contributed by atoms with Gasteiger partial charge in [-0.25, -0.2) is 0 Å². The molecule has 0 radical (unpaired) electrons. The number of esters is 2. The van der Waals surface area contributed by atoms with Crippen LogP contribution in [-0.2, 0) is 14.3 Å². The highest BCUT2D eigenvalue weighted by Gasteiger charge is 2.46. The predicted molar refractivity (Wildman–Crippen MR) is 101 cm³/mol. The van der Waals surface area contributed by atoms with E-state index in [9.17, 15) is 9.59 Å². The monoisotopic (exact) mass is 408 g/mol. The topological polar surface area (TPSA) is 52.6 Å². The highest BCUT2D eigenvalue weighted by molar-refractivity contribution is 6.40. The third-order valence-corrected chi connectivity index (χ3v) is 4.91. The maximum Gasteiger partial charge on any atom is 0.328 e. The van der Waals surface area contributed by atoms with Crippen LogP contribution in [0, 0.1) is 5.41 Å². The van der Waals surface area contributed by atoms with E-state index in [2.05, 4.69) is 6.92 Å². The summed E-state index contributed by atoms with van der Waals surface area (Å²) in [5.74, 6) is -1.33. The van der Waals surface area contributed by atoms with Gasteiger partial charge in [0.2, 0.25) is 0 Å². The average Bonchev–Trinajstić information content (AvgIpc) is 2.56. The maximum atomic E-state index is 12.7. The van der Waals surface area contributed by atoms with E-state index in [0.717, 1.165) is 19.3 Å². The summed E-state index contributed by atoms with van der Waals surface area (Å²) in [7, 11) is 0. The first-order chi connectivity index (χ1) is 11.8. The fourth-order valence-electron chi connectivity index (χ4n) is 2.38. The molecule has 0 saturated carbocycles. The lowest BCUT2D eigenvalue weighted by Gasteiger charge is -2.27. The van der Waals surface area contributed by atoms with Crippen molar-refractivity contribution in [2.45, 2.75) is 52.9 Å². The third-order valence-electron chi connectivity index (χ3n) is 4.13. The minimum Gasteiger partial charge on any atom is -0.465 e. The van der Waals surface area contributed by atoms with Crippen molar-refractivity contribution in [3.8, 4) is 5.75 Å². The zero-order valence-electron chi connectivity index (χ0n) is 14.7. The Hall–Kier alpha value is -0.970. The fourth-order valence-corrected chi connectivity index (χ4v) is 3.28. The molecule has 0 spiro atoms. The van der Waals surface area contributed by atoms with Crippen molar-refractivity contribution in [3.63, 3.8) is 0 Å². The van der Waals surface area contributed by atoms with E-state index in [1.807, 2.05) is 0 Å². The van der Waals surface area contributed by atoms with Crippen LogP contribution in [-0.4, -0.2) is 18.5 Å². The normalized spacial score (nSPS) is 11.3. The van der Waals surface area contributed by atoms with Crippen molar-refractivity contribution in [1.29, 1.82) is 0 Å². The molecule has 1 aromatic carbocycles. The quantitative estimate of drug-likeness (QED) is 0.214. The van der Waals surface area contributed by atoms with Crippen LogP contribution in [0.4, 0.5) is 0 Å². The molecule has 0 heterocycles. The van der Waals surface area contributed by atoms with E-state index in [-0.39, 0.29) is 35.2 Å². The van der Waals surface area contributed by atoms with Crippen molar-refractivity contribution < 1.29 is 19.1 Å². The SMILES string of the molecule is CCCCCOC(=O)C(CC)(CC)C(=O)Oc1c(Cl)cc(Cl)cc1Cl. The molecule has 0 unspecified atom stereocenters. The standard InChI is InChI=1S/C18H23Cl3O4/c1-4-7-8-9-24-16(22)18(5-2,6-3)17(23)25-15-13(20)10-12(19)11-14(15)21/h10-11H,4-9H2,1-3H3. The molecule has 1 aromatic rings. The van der Waals surface area contributed by atoms with E-state index in [1.54, 1.807) is 13.8 Å². The molecule has 140 valence electrons. The van der Waals surface area contributed by atoms with Gasteiger partial charge in [-0.1, -0.05) is 68.4 Å². The molecule has 0 atom stereocenters. The number of carbonyl (C=O) groups excluding carboxylic acids is 2. The molecule has 4 nitrogen and oxygen atoms in total. The second-order valence-corrected chi connectivity index (χ2v) is 6.97. The number of carbonyl (C=O) groups is 2. The minimum atomic E-state index is -1.39.